The molecular weight excluding hydrogens is 322 g/mol. The van der Waals surface area contributed by atoms with Gasteiger partial charge in [-0.15, -0.1) is 0 Å². The molecule has 5 heteroatoms. The van der Waals surface area contributed by atoms with Gasteiger partial charge < -0.3 is 9.64 Å². The zero-order chi connectivity index (χ0) is 15.1. The van der Waals surface area contributed by atoms with E-state index in [0.29, 0.717) is 18.7 Å². The van der Waals surface area contributed by atoms with Crippen LogP contribution < -0.4 is 0 Å². The van der Waals surface area contributed by atoms with E-state index in [0.717, 1.165) is 4.47 Å². The minimum absolute atomic E-state index is 0.0216. The van der Waals surface area contributed by atoms with E-state index in [2.05, 4.69) is 15.9 Å². The number of amides is 1. The van der Waals surface area contributed by atoms with Crippen molar-refractivity contribution in [2.45, 2.75) is 20.8 Å². The van der Waals surface area contributed by atoms with Crippen LogP contribution >= 0.6 is 15.9 Å². The Balaban J connectivity index is 2.90. The van der Waals surface area contributed by atoms with Crippen LogP contribution in [0.5, 0.6) is 0 Å². The first kappa shape index (κ1) is 16.7. The molecule has 0 saturated heterocycles. The summed E-state index contributed by atoms with van der Waals surface area (Å²) in [5, 5.41) is 0. The van der Waals surface area contributed by atoms with Crippen LogP contribution in [0.3, 0.4) is 0 Å². The first-order chi connectivity index (χ1) is 9.45. The number of carbonyl (C=O) groups excluding carboxylic acids is 2. The molecule has 110 valence electrons. The van der Waals surface area contributed by atoms with Crippen LogP contribution in [0.4, 0.5) is 0 Å². The molecule has 0 aliphatic carbocycles. The second kappa shape index (κ2) is 8.04. The van der Waals surface area contributed by atoms with Gasteiger partial charge in [0.2, 0.25) is 0 Å². The molecular formula is C15H20BrNO3. The van der Waals surface area contributed by atoms with Crippen LogP contribution in [0.1, 0.15) is 31.1 Å². The Morgan fingerprint density at radius 1 is 1.30 bits per heavy atom. The lowest BCUT2D eigenvalue weighted by Gasteiger charge is -2.24. The molecule has 0 fully saturated rings. The average molecular weight is 342 g/mol. The highest BCUT2D eigenvalue weighted by atomic mass is 79.9. The Morgan fingerprint density at radius 3 is 2.50 bits per heavy atom. The van der Waals surface area contributed by atoms with Crippen molar-refractivity contribution in [3.8, 4) is 0 Å². The molecule has 0 aromatic heterocycles. The zero-order valence-corrected chi connectivity index (χ0v) is 13.6. The first-order valence-corrected chi connectivity index (χ1v) is 7.44. The summed E-state index contributed by atoms with van der Waals surface area (Å²) in [4.78, 5) is 25.7. The zero-order valence-electron chi connectivity index (χ0n) is 12.1. The number of benzene rings is 1. The number of halogens is 1. The van der Waals surface area contributed by atoms with Gasteiger partial charge in [-0.2, -0.15) is 0 Å². The second-order valence-electron chi connectivity index (χ2n) is 4.86. The largest absolute Gasteiger partial charge is 0.465 e. The van der Waals surface area contributed by atoms with Crippen LogP contribution in [-0.2, 0) is 9.53 Å². The summed E-state index contributed by atoms with van der Waals surface area (Å²) in [6, 6.07) is 7.20. The quantitative estimate of drug-likeness (QED) is 0.747. The van der Waals surface area contributed by atoms with Crippen LogP contribution in [-0.4, -0.2) is 36.5 Å². The number of carbonyl (C=O) groups is 2. The minimum atomic E-state index is -0.381. The Labute approximate surface area is 128 Å². The number of nitrogens with zero attached hydrogens (tertiary/aromatic N) is 1. The molecule has 1 amide bonds. The molecule has 1 rings (SSSR count). The third-order valence-corrected chi connectivity index (χ3v) is 3.29. The van der Waals surface area contributed by atoms with Gasteiger partial charge in [-0.3, -0.25) is 9.59 Å². The molecule has 0 aliphatic heterocycles. The maximum absolute atomic E-state index is 12.5. The fourth-order valence-electron chi connectivity index (χ4n) is 1.83. The lowest BCUT2D eigenvalue weighted by atomic mass is 10.1. The number of ether oxygens (including phenoxy) is 1. The van der Waals surface area contributed by atoms with E-state index in [1.165, 1.54) is 4.90 Å². The van der Waals surface area contributed by atoms with Crippen molar-refractivity contribution in [3.05, 3.63) is 34.3 Å². The standard InChI is InChI=1S/C15H20BrNO3/c1-4-20-14(18)10-17(9-11(2)3)15(19)12-7-5-6-8-13(12)16/h5-8,11H,4,9-10H2,1-3H3. The third kappa shape index (κ3) is 4.96. The number of hydrogen-bond donors (Lipinski definition) is 0. The normalized spacial score (nSPS) is 10.4. The second-order valence-corrected chi connectivity index (χ2v) is 5.72. The Kier molecular flexibility index (Phi) is 6.71. The number of hydrogen-bond acceptors (Lipinski definition) is 3. The van der Waals surface area contributed by atoms with Gasteiger partial charge in [0.25, 0.3) is 5.91 Å². The van der Waals surface area contributed by atoms with Crippen LogP contribution in [0, 0.1) is 5.92 Å². The van der Waals surface area contributed by atoms with Crippen molar-refractivity contribution in [2.75, 3.05) is 19.7 Å². The summed E-state index contributed by atoms with van der Waals surface area (Å²) in [7, 11) is 0. The Hall–Kier alpha value is -1.36. The van der Waals surface area contributed by atoms with E-state index in [9.17, 15) is 9.59 Å². The van der Waals surface area contributed by atoms with E-state index in [4.69, 9.17) is 4.74 Å². The Bertz CT molecular complexity index is 474. The molecule has 0 bridgehead atoms. The fourth-order valence-corrected chi connectivity index (χ4v) is 2.28. The Morgan fingerprint density at radius 2 is 1.95 bits per heavy atom. The summed E-state index contributed by atoms with van der Waals surface area (Å²) in [5.74, 6) is -0.274. The van der Waals surface area contributed by atoms with E-state index in [1.54, 1.807) is 19.1 Å². The molecule has 0 N–H and O–H groups in total. The molecule has 20 heavy (non-hydrogen) atoms. The SMILES string of the molecule is CCOC(=O)CN(CC(C)C)C(=O)c1ccccc1Br. The topological polar surface area (TPSA) is 46.6 Å². The van der Waals surface area contributed by atoms with Gasteiger partial charge in [-0.25, -0.2) is 0 Å². The summed E-state index contributed by atoms with van der Waals surface area (Å²) in [6.07, 6.45) is 0. The fraction of sp³-hybridized carbons (Fsp3) is 0.467. The molecule has 0 aliphatic rings. The maximum atomic E-state index is 12.5. The van der Waals surface area contributed by atoms with Gasteiger partial charge in [-0.1, -0.05) is 26.0 Å². The summed E-state index contributed by atoms with van der Waals surface area (Å²) in [5.41, 5.74) is 0.553. The lowest BCUT2D eigenvalue weighted by Crippen LogP contribution is -2.39. The summed E-state index contributed by atoms with van der Waals surface area (Å²) in [6.45, 7) is 6.57. The van der Waals surface area contributed by atoms with Crippen molar-refractivity contribution in [2.24, 2.45) is 5.92 Å². The number of esters is 1. The van der Waals surface area contributed by atoms with Gasteiger partial charge in [0, 0.05) is 11.0 Å². The minimum Gasteiger partial charge on any atom is -0.465 e. The molecule has 4 nitrogen and oxygen atoms in total. The van der Waals surface area contributed by atoms with Gasteiger partial charge >= 0.3 is 5.97 Å². The highest BCUT2D eigenvalue weighted by Crippen LogP contribution is 2.18. The van der Waals surface area contributed by atoms with Crippen LogP contribution in [0.2, 0.25) is 0 Å². The van der Waals surface area contributed by atoms with Crippen molar-refractivity contribution in [1.29, 1.82) is 0 Å². The smallest absolute Gasteiger partial charge is 0.325 e. The van der Waals surface area contributed by atoms with E-state index in [-0.39, 0.29) is 24.3 Å². The van der Waals surface area contributed by atoms with Crippen molar-refractivity contribution >= 4 is 27.8 Å². The summed E-state index contributed by atoms with van der Waals surface area (Å²) < 4.78 is 5.65. The third-order valence-electron chi connectivity index (χ3n) is 2.60. The molecule has 0 spiro atoms. The summed E-state index contributed by atoms with van der Waals surface area (Å²) >= 11 is 3.36. The molecule has 1 aromatic rings. The van der Waals surface area contributed by atoms with Crippen molar-refractivity contribution < 1.29 is 14.3 Å². The van der Waals surface area contributed by atoms with Crippen molar-refractivity contribution in [1.82, 2.24) is 4.90 Å². The highest BCUT2D eigenvalue weighted by molar-refractivity contribution is 9.10. The van der Waals surface area contributed by atoms with Crippen LogP contribution in [0.25, 0.3) is 0 Å². The van der Waals surface area contributed by atoms with Gasteiger partial charge in [-0.05, 0) is 40.9 Å². The van der Waals surface area contributed by atoms with Crippen LogP contribution in [0.15, 0.2) is 28.7 Å². The monoisotopic (exact) mass is 341 g/mol. The maximum Gasteiger partial charge on any atom is 0.325 e. The van der Waals surface area contributed by atoms with Gasteiger partial charge in [0.05, 0.1) is 12.2 Å². The predicted octanol–water partition coefficient (Wildman–Crippen LogP) is 3.11. The van der Waals surface area contributed by atoms with E-state index in [1.807, 2.05) is 26.0 Å². The number of rotatable bonds is 6. The highest BCUT2D eigenvalue weighted by Gasteiger charge is 2.21. The van der Waals surface area contributed by atoms with Gasteiger partial charge in [0.15, 0.2) is 0 Å². The average Bonchev–Trinajstić information content (AvgIpc) is 2.37. The molecule has 0 heterocycles. The predicted molar refractivity (Wildman–Crippen MR) is 81.5 cm³/mol. The molecule has 0 atom stereocenters. The first-order valence-electron chi connectivity index (χ1n) is 6.65. The molecule has 0 unspecified atom stereocenters. The van der Waals surface area contributed by atoms with Gasteiger partial charge in [0.1, 0.15) is 6.54 Å². The molecule has 0 radical (unpaired) electrons. The van der Waals surface area contributed by atoms with Crippen molar-refractivity contribution in [3.63, 3.8) is 0 Å². The molecule has 1 aromatic carbocycles. The molecule has 0 saturated carbocycles. The lowest BCUT2D eigenvalue weighted by molar-refractivity contribution is -0.143. The van der Waals surface area contributed by atoms with E-state index < -0.39 is 0 Å². The van der Waals surface area contributed by atoms with E-state index >= 15 is 0 Å².